The molecule has 0 unspecified atom stereocenters. The second-order valence-electron chi connectivity index (χ2n) is 5.15. The van der Waals surface area contributed by atoms with Gasteiger partial charge in [-0.15, -0.1) is 0 Å². The molecular formula is C12H21N7. The number of nitrogens with zero attached hydrogens (tertiary/aromatic N) is 5. The zero-order valence-corrected chi connectivity index (χ0v) is 11.2. The summed E-state index contributed by atoms with van der Waals surface area (Å²) in [7, 11) is 0. The van der Waals surface area contributed by atoms with Gasteiger partial charge in [-0.25, -0.2) is 5.84 Å². The summed E-state index contributed by atoms with van der Waals surface area (Å²) in [5.74, 6) is 7.44. The van der Waals surface area contributed by atoms with Crippen molar-refractivity contribution in [2.24, 2.45) is 5.84 Å². The maximum Gasteiger partial charge on any atom is 0.243 e. The maximum atomic E-state index is 5.48. The molecule has 0 bridgehead atoms. The van der Waals surface area contributed by atoms with Crippen molar-refractivity contribution in [3.05, 3.63) is 0 Å². The van der Waals surface area contributed by atoms with E-state index in [0.717, 1.165) is 38.1 Å². The van der Waals surface area contributed by atoms with E-state index in [0.29, 0.717) is 5.95 Å². The highest BCUT2D eigenvalue weighted by atomic mass is 15.4. The number of nitrogens with two attached hydrogens (primary N) is 1. The summed E-state index contributed by atoms with van der Waals surface area (Å²) in [6.07, 6.45) is 6.11. The molecule has 0 spiro atoms. The van der Waals surface area contributed by atoms with E-state index in [1.54, 1.807) is 0 Å². The minimum absolute atomic E-state index is 0.456. The Morgan fingerprint density at radius 3 is 1.68 bits per heavy atom. The number of hydrogen-bond donors (Lipinski definition) is 2. The van der Waals surface area contributed by atoms with Gasteiger partial charge in [-0.3, -0.25) is 5.43 Å². The zero-order valence-electron chi connectivity index (χ0n) is 11.2. The molecule has 0 atom stereocenters. The Morgan fingerprint density at radius 1 is 0.737 bits per heavy atom. The number of nitrogen functional groups attached to an aromatic ring is 1. The average molecular weight is 263 g/mol. The quantitative estimate of drug-likeness (QED) is 0.615. The molecule has 0 saturated carbocycles. The number of anilines is 3. The number of rotatable bonds is 3. The Balaban J connectivity index is 1.87. The molecular weight excluding hydrogens is 242 g/mol. The maximum absolute atomic E-state index is 5.48. The summed E-state index contributed by atoms with van der Waals surface area (Å²) in [6.45, 7) is 4.09. The fraction of sp³-hybridized carbons (Fsp3) is 0.750. The van der Waals surface area contributed by atoms with Crippen molar-refractivity contribution in [2.75, 3.05) is 41.4 Å². The zero-order chi connectivity index (χ0) is 13.1. The van der Waals surface area contributed by atoms with Gasteiger partial charge < -0.3 is 9.80 Å². The largest absolute Gasteiger partial charge is 0.341 e. The van der Waals surface area contributed by atoms with Gasteiger partial charge in [0.2, 0.25) is 17.8 Å². The Labute approximate surface area is 113 Å². The van der Waals surface area contributed by atoms with E-state index in [9.17, 15) is 0 Å². The molecule has 3 heterocycles. The van der Waals surface area contributed by atoms with Gasteiger partial charge in [0, 0.05) is 26.2 Å². The molecule has 0 aromatic carbocycles. The van der Waals surface area contributed by atoms with E-state index in [-0.39, 0.29) is 0 Å². The van der Waals surface area contributed by atoms with Crippen LogP contribution in [0.1, 0.15) is 32.1 Å². The fourth-order valence-electron chi connectivity index (χ4n) is 2.71. The van der Waals surface area contributed by atoms with E-state index in [2.05, 4.69) is 30.2 Å². The van der Waals surface area contributed by atoms with E-state index >= 15 is 0 Å². The standard InChI is InChI=1S/C12H21N7/c13-17-10-14-11(18-6-2-1-3-7-18)16-12(15-10)19-8-4-5-9-19/h1-9,13H2,(H,14,15,16,17). The molecule has 1 aromatic rings. The first-order valence-electron chi connectivity index (χ1n) is 7.09. The second kappa shape index (κ2) is 5.56. The van der Waals surface area contributed by atoms with Crippen LogP contribution in [-0.4, -0.2) is 41.1 Å². The van der Waals surface area contributed by atoms with E-state index in [4.69, 9.17) is 5.84 Å². The minimum Gasteiger partial charge on any atom is -0.341 e. The molecule has 2 saturated heterocycles. The number of hydrazine groups is 1. The molecule has 104 valence electrons. The van der Waals surface area contributed by atoms with Crippen LogP contribution < -0.4 is 21.1 Å². The highest BCUT2D eigenvalue weighted by Crippen LogP contribution is 2.22. The Bertz CT molecular complexity index is 424. The molecule has 2 aliphatic rings. The van der Waals surface area contributed by atoms with Crippen LogP contribution in [0.4, 0.5) is 17.8 Å². The topological polar surface area (TPSA) is 83.2 Å². The van der Waals surface area contributed by atoms with Crippen LogP contribution in [-0.2, 0) is 0 Å². The molecule has 19 heavy (non-hydrogen) atoms. The Kier molecular flexibility index (Phi) is 3.63. The molecule has 2 fully saturated rings. The van der Waals surface area contributed by atoms with Crippen molar-refractivity contribution in [3.8, 4) is 0 Å². The first-order valence-corrected chi connectivity index (χ1v) is 7.09. The normalized spacial score (nSPS) is 19.8. The number of aromatic nitrogens is 3. The van der Waals surface area contributed by atoms with Crippen LogP contribution in [0.25, 0.3) is 0 Å². The smallest absolute Gasteiger partial charge is 0.243 e. The summed E-state index contributed by atoms with van der Waals surface area (Å²) in [5.41, 5.74) is 2.55. The van der Waals surface area contributed by atoms with Crippen LogP contribution in [0.2, 0.25) is 0 Å². The molecule has 7 heteroatoms. The highest BCUT2D eigenvalue weighted by Gasteiger charge is 2.20. The SMILES string of the molecule is NNc1nc(N2CCCCC2)nc(N2CCCC2)n1. The first kappa shape index (κ1) is 12.4. The number of nitrogens with one attached hydrogen (secondary N) is 1. The van der Waals surface area contributed by atoms with Crippen molar-refractivity contribution in [3.63, 3.8) is 0 Å². The van der Waals surface area contributed by atoms with Gasteiger partial charge in [-0.1, -0.05) is 0 Å². The minimum atomic E-state index is 0.456. The molecule has 1 aromatic heterocycles. The summed E-state index contributed by atoms with van der Waals surface area (Å²) in [5, 5.41) is 0. The third kappa shape index (κ3) is 2.70. The van der Waals surface area contributed by atoms with E-state index < -0.39 is 0 Å². The predicted molar refractivity (Wildman–Crippen MR) is 75.1 cm³/mol. The van der Waals surface area contributed by atoms with Gasteiger partial charge in [0.1, 0.15) is 0 Å². The molecule has 0 amide bonds. The Morgan fingerprint density at radius 2 is 1.21 bits per heavy atom. The summed E-state index contributed by atoms with van der Waals surface area (Å²) in [6, 6.07) is 0. The molecule has 3 N–H and O–H groups in total. The third-order valence-corrected chi connectivity index (χ3v) is 3.77. The van der Waals surface area contributed by atoms with Crippen molar-refractivity contribution in [2.45, 2.75) is 32.1 Å². The van der Waals surface area contributed by atoms with Crippen molar-refractivity contribution >= 4 is 17.8 Å². The molecule has 7 nitrogen and oxygen atoms in total. The lowest BCUT2D eigenvalue weighted by molar-refractivity contribution is 0.567. The van der Waals surface area contributed by atoms with Gasteiger partial charge in [0.15, 0.2) is 0 Å². The van der Waals surface area contributed by atoms with Crippen molar-refractivity contribution < 1.29 is 0 Å². The lowest BCUT2D eigenvalue weighted by Gasteiger charge is -2.27. The van der Waals surface area contributed by atoms with Gasteiger partial charge in [0.25, 0.3) is 0 Å². The van der Waals surface area contributed by atoms with Crippen molar-refractivity contribution in [1.82, 2.24) is 15.0 Å². The molecule has 0 aliphatic carbocycles. The average Bonchev–Trinajstić information content (AvgIpc) is 3.02. The van der Waals surface area contributed by atoms with Crippen LogP contribution in [0, 0.1) is 0 Å². The summed E-state index contributed by atoms with van der Waals surface area (Å²) < 4.78 is 0. The van der Waals surface area contributed by atoms with Crippen molar-refractivity contribution in [1.29, 1.82) is 0 Å². The molecule has 3 rings (SSSR count). The van der Waals surface area contributed by atoms with Gasteiger partial charge in [-0.05, 0) is 32.1 Å². The van der Waals surface area contributed by atoms with Crippen LogP contribution in [0.15, 0.2) is 0 Å². The number of piperidine rings is 1. The molecule has 0 radical (unpaired) electrons. The van der Waals surface area contributed by atoms with Gasteiger partial charge >= 0.3 is 0 Å². The highest BCUT2D eigenvalue weighted by molar-refractivity contribution is 5.45. The number of hydrogen-bond acceptors (Lipinski definition) is 7. The van der Waals surface area contributed by atoms with E-state index in [1.807, 2.05) is 0 Å². The lowest BCUT2D eigenvalue weighted by atomic mass is 10.1. The van der Waals surface area contributed by atoms with Gasteiger partial charge in [0.05, 0.1) is 0 Å². The van der Waals surface area contributed by atoms with Crippen LogP contribution in [0.5, 0.6) is 0 Å². The fourth-order valence-corrected chi connectivity index (χ4v) is 2.71. The molecule has 2 aliphatic heterocycles. The predicted octanol–water partition coefficient (Wildman–Crippen LogP) is 0.748. The lowest BCUT2D eigenvalue weighted by Crippen LogP contribution is -2.32. The van der Waals surface area contributed by atoms with Crippen LogP contribution >= 0.6 is 0 Å². The van der Waals surface area contributed by atoms with E-state index in [1.165, 1.54) is 32.1 Å². The third-order valence-electron chi connectivity index (χ3n) is 3.77. The van der Waals surface area contributed by atoms with Crippen LogP contribution in [0.3, 0.4) is 0 Å². The second-order valence-corrected chi connectivity index (χ2v) is 5.15. The monoisotopic (exact) mass is 263 g/mol. The summed E-state index contributed by atoms with van der Waals surface area (Å²) >= 11 is 0. The van der Waals surface area contributed by atoms with Gasteiger partial charge in [-0.2, -0.15) is 15.0 Å². The first-order chi connectivity index (χ1) is 9.36. The summed E-state index contributed by atoms with van der Waals surface area (Å²) in [4.78, 5) is 17.8. The Hall–Kier alpha value is -1.63.